The monoisotopic (exact) mass is 264 g/mol. The molecule has 96 valence electrons. The molecule has 7 heteroatoms. The molecular formula is C10H14F2N2O2S. The number of nitrogens with two attached hydrogens (primary N) is 1. The van der Waals surface area contributed by atoms with E-state index in [1.54, 1.807) is 13.0 Å². The highest BCUT2D eigenvalue weighted by atomic mass is 32.2. The van der Waals surface area contributed by atoms with Gasteiger partial charge in [-0.15, -0.1) is 0 Å². The van der Waals surface area contributed by atoms with Gasteiger partial charge < -0.3 is 5.73 Å². The molecule has 1 aromatic rings. The number of nitrogens with zero attached hydrogens (tertiary/aromatic N) is 1. The molecule has 17 heavy (non-hydrogen) atoms. The van der Waals surface area contributed by atoms with Gasteiger partial charge in [0, 0.05) is 12.7 Å². The van der Waals surface area contributed by atoms with E-state index in [9.17, 15) is 17.2 Å². The van der Waals surface area contributed by atoms with Crippen molar-refractivity contribution in [1.82, 2.24) is 4.31 Å². The molecule has 0 unspecified atom stereocenters. The zero-order valence-corrected chi connectivity index (χ0v) is 10.3. The smallest absolute Gasteiger partial charge is 0.252 e. The van der Waals surface area contributed by atoms with Crippen LogP contribution in [0.3, 0.4) is 0 Å². The summed E-state index contributed by atoms with van der Waals surface area (Å²) in [6, 6.07) is 4.25. The molecule has 0 atom stereocenters. The number of rotatable bonds is 4. The van der Waals surface area contributed by atoms with E-state index in [0.29, 0.717) is 9.87 Å². The molecule has 1 aromatic carbocycles. The van der Waals surface area contributed by atoms with Crippen molar-refractivity contribution in [3.05, 3.63) is 23.8 Å². The molecular weight excluding hydrogens is 250 g/mol. The van der Waals surface area contributed by atoms with Gasteiger partial charge in [0.2, 0.25) is 10.0 Å². The molecule has 1 rings (SSSR count). The van der Waals surface area contributed by atoms with E-state index in [-0.39, 0.29) is 10.6 Å². The van der Waals surface area contributed by atoms with E-state index in [1.165, 1.54) is 12.1 Å². The highest BCUT2D eigenvalue weighted by Crippen LogP contribution is 2.20. The number of hydrogen-bond acceptors (Lipinski definition) is 3. The first-order valence-corrected chi connectivity index (χ1v) is 6.29. The van der Waals surface area contributed by atoms with Crippen molar-refractivity contribution < 1.29 is 17.2 Å². The lowest BCUT2D eigenvalue weighted by Crippen LogP contribution is -2.31. The van der Waals surface area contributed by atoms with E-state index in [4.69, 9.17) is 5.73 Å². The third kappa shape index (κ3) is 3.37. The Kier molecular flexibility index (Phi) is 4.05. The minimum atomic E-state index is -3.91. The van der Waals surface area contributed by atoms with E-state index >= 15 is 0 Å². The van der Waals surface area contributed by atoms with Crippen molar-refractivity contribution in [2.24, 2.45) is 0 Å². The van der Waals surface area contributed by atoms with Crippen LogP contribution in [0.15, 0.2) is 23.1 Å². The van der Waals surface area contributed by atoms with Gasteiger partial charge in [0.15, 0.2) is 0 Å². The Bertz CT molecular complexity index is 483. The van der Waals surface area contributed by atoms with Crippen molar-refractivity contribution in [2.75, 3.05) is 19.3 Å². The molecule has 0 bridgehead atoms. The van der Waals surface area contributed by atoms with E-state index in [2.05, 4.69) is 0 Å². The Morgan fingerprint density at radius 3 is 2.41 bits per heavy atom. The fourth-order valence-corrected chi connectivity index (χ4v) is 2.69. The van der Waals surface area contributed by atoms with Gasteiger partial charge in [-0.1, -0.05) is 0 Å². The minimum absolute atomic E-state index is 0.0712. The SMILES string of the molecule is Cc1cc(N)cc(S(=O)(=O)N(C)CC(F)F)c1. The second kappa shape index (κ2) is 4.97. The van der Waals surface area contributed by atoms with Gasteiger partial charge in [0.25, 0.3) is 6.43 Å². The number of halogens is 2. The first kappa shape index (κ1) is 13.9. The predicted octanol–water partition coefficient (Wildman–Crippen LogP) is 1.46. The van der Waals surface area contributed by atoms with Crippen LogP contribution in [0.2, 0.25) is 0 Å². The van der Waals surface area contributed by atoms with Crippen LogP contribution < -0.4 is 5.73 Å². The summed E-state index contributed by atoms with van der Waals surface area (Å²) < 4.78 is 48.8. The third-order valence-corrected chi connectivity index (χ3v) is 3.98. The minimum Gasteiger partial charge on any atom is -0.399 e. The molecule has 0 aliphatic heterocycles. The molecule has 2 N–H and O–H groups in total. The lowest BCUT2D eigenvalue weighted by Gasteiger charge is -2.17. The number of nitrogen functional groups attached to an aromatic ring is 1. The van der Waals surface area contributed by atoms with Crippen LogP contribution in [0.5, 0.6) is 0 Å². The maximum absolute atomic E-state index is 12.2. The van der Waals surface area contributed by atoms with Crippen LogP contribution in [-0.4, -0.2) is 32.7 Å². The molecule has 0 radical (unpaired) electrons. The molecule has 0 saturated heterocycles. The number of hydrogen-bond donors (Lipinski definition) is 1. The number of aryl methyl sites for hydroxylation is 1. The van der Waals surface area contributed by atoms with E-state index in [0.717, 1.165) is 7.05 Å². The van der Waals surface area contributed by atoms with Crippen LogP contribution in [0.25, 0.3) is 0 Å². The largest absolute Gasteiger partial charge is 0.399 e. The van der Waals surface area contributed by atoms with Crippen LogP contribution >= 0.6 is 0 Å². The molecule has 0 fully saturated rings. The lowest BCUT2D eigenvalue weighted by atomic mass is 10.2. The summed E-state index contributed by atoms with van der Waals surface area (Å²) in [5.41, 5.74) is 6.47. The maximum Gasteiger partial charge on any atom is 0.252 e. The summed E-state index contributed by atoms with van der Waals surface area (Å²) in [5.74, 6) is 0. The third-order valence-electron chi connectivity index (χ3n) is 2.18. The van der Waals surface area contributed by atoms with Crippen LogP contribution in [0, 0.1) is 6.92 Å². The highest BCUT2D eigenvalue weighted by Gasteiger charge is 2.23. The Labute approximate surface area is 99.1 Å². The van der Waals surface area contributed by atoms with Gasteiger partial charge in [-0.3, -0.25) is 0 Å². The molecule has 0 spiro atoms. The Hall–Kier alpha value is -1.21. The first-order valence-electron chi connectivity index (χ1n) is 4.85. The number of benzene rings is 1. The molecule has 0 aromatic heterocycles. The summed E-state index contributed by atoms with van der Waals surface area (Å²) in [6.07, 6.45) is -2.71. The normalized spacial score (nSPS) is 12.4. The van der Waals surface area contributed by atoms with Crippen LogP contribution in [0.4, 0.5) is 14.5 Å². The van der Waals surface area contributed by atoms with Crippen molar-refractivity contribution in [3.63, 3.8) is 0 Å². The van der Waals surface area contributed by atoms with Crippen LogP contribution in [0.1, 0.15) is 5.56 Å². The Morgan fingerprint density at radius 2 is 1.94 bits per heavy atom. The van der Waals surface area contributed by atoms with Gasteiger partial charge in [0.1, 0.15) is 0 Å². The average Bonchev–Trinajstić information content (AvgIpc) is 2.14. The maximum atomic E-state index is 12.2. The standard InChI is InChI=1S/C10H14F2N2O2S/c1-7-3-8(13)5-9(4-7)17(15,16)14(2)6-10(11)12/h3-5,10H,6,13H2,1-2H3. The number of alkyl halides is 2. The summed E-state index contributed by atoms with van der Waals surface area (Å²) in [5, 5.41) is 0. The van der Waals surface area contributed by atoms with Crippen molar-refractivity contribution in [3.8, 4) is 0 Å². The van der Waals surface area contributed by atoms with E-state index in [1.807, 2.05) is 0 Å². The fourth-order valence-electron chi connectivity index (χ4n) is 1.40. The molecule has 0 saturated carbocycles. The molecule has 0 heterocycles. The highest BCUT2D eigenvalue weighted by molar-refractivity contribution is 7.89. The average molecular weight is 264 g/mol. The van der Waals surface area contributed by atoms with E-state index < -0.39 is 23.0 Å². The quantitative estimate of drug-likeness (QED) is 0.837. The lowest BCUT2D eigenvalue weighted by molar-refractivity contribution is 0.126. The van der Waals surface area contributed by atoms with Crippen LogP contribution in [-0.2, 0) is 10.0 Å². The molecule has 4 nitrogen and oxygen atoms in total. The zero-order valence-electron chi connectivity index (χ0n) is 9.52. The van der Waals surface area contributed by atoms with Gasteiger partial charge in [-0.25, -0.2) is 17.2 Å². The first-order chi connectivity index (χ1) is 7.73. The fraction of sp³-hybridized carbons (Fsp3) is 0.400. The van der Waals surface area contributed by atoms with Gasteiger partial charge >= 0.3 is 0 Å². The topological polar surface area (TPSA) is 63.4 Å². The summed E-state index contributed by atoms with van der Waals surface area (Å²) in [4.78, 5) is -0.0712. The molecule has 0 amide bonds. The summed E-state index contributed by atoms with van der Waals surface area (Å²) >= 11 is 0. The molecule has 0 aliphatic carbocycles. The zero-order chi connectivity index (χ0) is 13.2. The Morgan fingerprint density at radius 1 is 1.35 bits per heavy atom. The summed E-state index contributed by atoms with van der Waals surface area (Å²) in [6.45, 7) is 0.846. The molecule has 0 aliphatic rings. The number of sulfonamides is 1. The van der Waals surface area contributed by atoms with Crippen molar-refractivity contribution in [2.45, 2.75) is 18.2 Å². The van der Waals surface area contributed by atoms with Gasteiger partial charge in [-0.05, 0) is 30.7 Å². The predicted molar refractivity (Wildman–Crippen MR) is 61.4 cm³/mol. The van der Waals surface area contributed by atoms with Crippen molar-refractivity contribution >= 4 is 15.7 Å². The summed E-state index contributed by atoms with van der Waals surface area (Å²) in [7, 11) is -2.79. The van der Waals surface area contributed by atoms with Crippen molar-refractivity contribution in [1.29, 1.82) is 0 Å². The number of anilines is 1. The van der Waals surface area contributed by atoms with Gasteiger partial charge in [-0.2, -0.15) is 4.31 Å². The van der Waals surface area contributed by atoms with Gasteiger partial charge in [0.05, 0.1) is 11.4 Å². The Balaban J connectivity index is 3.12. The second-order valence-corrected chi connectivity index (χ2v) is 5.80. The second-order valence-electron chi connectivity index (χ2n) is 3.76.